The van der Waals surface area contributed by atoms with Crippen molar-refractivity contribution in [1.82, 2.24) is 4.98 Å². The Hall–Kier alpha value is -1.34. The minimum Gasteiger partial charge on any atom is -0.261 e. The van der Waals surface area contributed by atoms with Gasteiger partial charge >= 0.3 is 0 Å². The Morgan fingerprint density at radius 1 is 1.06 bits per heavy atom. The second-order valence-corrected chi connectivity index (χ2v) is 5.26. The minimum absolute atomic E-state index is 0.0778. The lowest BCUT2D eigenvalue weighted by atomic mass is 9.79. The van der Waals surface area contributed by atoms with Crippen LogP contribution >= 0.6 is 11.6 Å². The highest BCUT2D eigenvalue weighted by molar-refractivity contribution is 6.30. The number of benzene rings is 1. The lowest BCUT2D eigenvalue weighted by Gasteiger charge is -2.26. The fourth-order valence-electron chi connectivity index (χ4n) is 1.88. The van der Waals surface area contributed by atoms with E-state index in [-0.39, 0.29) is 5.41 Å². The average Bonchev–Trinajstić information content (AvgIpc) is 2.29. The van der Waals surface area contributed by atoms with Gasteiger partial charge in [0.05, 0.1) is 0 Å². The number of rotatable bonds is 2. The van der Waals surface area contributed by atoms with Gasteiger partial charge in [0.1, 0.15) is 0 Å². The number of halogens is 1. The largest absolute Gasteiger partial charge is 0.261 e. The first-order valence-electron chi connectivity index (χ1n) is 5.69. The summed E-state index contributed by atoms with van der Waals surface area (Å²) in [4.78, 5) is 4.36. The van der Waals surface area contributed by atoms with Crippen LogP contribution in [-0.2, 0) is 5.41 Å². The van der Waals surface area contributed by atoms with E-state index in [4.69, 9.17) is 11.6 Å². The second-order valence-electron chi connectivity index (χ2n) is 4.82. The number of aryl methyl sites for hydroxylation is 1. The molecule has 0 bridgehead atoms. The Bertz CT molecular complexity index is 515. The molecule has 2 heteroatoms. The van der Waals surface area contributed by atoms with Crippen molar-refractivity contribution in [2.45, 2.75) is 26.2 Å². The molecule has 0 saturated carbocycles. The summed E-state index contributed by atoms with van der Waals surface area (Å²) in [7, 11) is 0. The Morgan fingerprint density at radius 3 is 2.41 bits per heavy atom. The smallest absolute Gasteiger partial charge is 0.0409 e. The van der Waals surface area contributed by atoms with Crippen molar-refractivity contribution >= 4 is 11.6 Å². The molecule has 1 aromatic carbocycles. The molecule has 0 atom stereocenters. The number of aromatic nitrogens is 1. The van der Waals surface area contributed by atoms with Gasteiger partial charge in [-0.3, -0.25) is 4.98 Å². The number of hydrogen-bond donors (Lipinski definition) is 0. The molecule has 0 aliphatic rings. The molecule has 1 nitrogen and oxygen atoms in total. The molecule has 0 unspecified atom stereocenters. The molecule has 0 aliphatic heterocycles. The highest BCUT2D eigenvalue weighted by atomic mass is 35.5. The number of nitrogens with zero attached hydrogens (tertiary/aromatic N) is 1. The first kappa shape index (κ1) is 12.1. The third-order valence-electron chi connectivity index (χ3n) is 3.18. The topological polar surface area (TPSA) is 12.9 Å². The standard InChI is InChI=1S/C15H16ClN/c1-11-7-8-13(10-17-11)15(2,3)12-5-4-6-14(16)9-12/h4-10H,1-3H3. The molecule has 1 aromatic heterocycles. The summed E-state index contributed by atoms with van der Waals surface area (Å²) in [5, 5.41) is 0.774. The molecule has 0 saturated heterocycles. The van der Waals surface area contributed by atoms with Crippen LogP contribution in [0.4, 0.5) is 0 Å². The summed E-state index contributed by atoms with van der Waals surface area (Å²) in [6.45, 7) is 6.37. The van der Waals surface area contributed by atoms with Crippen molar-refractivity contribution < 1.29 is 0 Å². The number of pyridine rings is 1. The monoisotopic (exact) mass is 245 g/mol. The third-order valence-corrected chi connectivity index (χ3v) is 3.41. The maximum Gasteiger partial charge on any atom is 0.0409 e. The molecule has 2 aromatic rings. The van der Waals surface area contributed by atoms with E-state index in [0.29, 0.717) is 0 Å². The fraction of sp³-hybridized carbons (Fsp3) is 0.267. The van der Waals surface area contributed by atoms with Gasteiger partial charge in [-0.1, -0.05) is 43.6 Å². The van der Waals surface area contributed by atoms with E-state index in [1.54, 1.807) is 0 Å². The van der Waals surface area contributed by atoms with Crippen LogP contribution in [-0.4, -0.2) is 4.98 Å². The predicted octanol–water partition coefficient (Wildman–Crippen LogP) is 4.37. The van der Waals surface area contributed by atoms with Gasteiger partial charge in [0.15, 0.2) is 0 Å². The molecule has 0 amide bonds. The molecule has 0 N–H and O–H groups in total. The normalized spacial score (nSPS) is 11.5. The van der Waals surface area contributed by atoms with E-state index in [9.17, 15) is 0 Å². The van der Waals surface area contributed by atoms with Gasteiger partial charge in [0, 0.05) is 22.3 Å². The lowest BCUT2D eigenvalue weighted by Crippen LogP contribution is -2.19. The van der Waals surface area contributed by atoms with Gasteiger partial charge in [0.2, 0.25) is 0 Å². The van der Waals surface area contributed by atoms with Crippen molar-refractivity contribution in [2.75, 3.05) is 0 Å². The van der Waals surface area contributed by atoms with E-state index < -0.39 is 0 Å². The summed E-state index contributed by atoms with van der Waals surface area (Å²) < 4.78 is 0. The van der Waals surface area contributed by atoms with Crippen LogP contribution in [0.15, 0.2) is 42.6 Å². The van der Waals surface area contributed by atoms with Crippen LogP contribution in [0.3, 0.4) is 0 Å². The van der Waals surface area contributed by atoms with E-state index in [2.05, 4.69) is 31.0 Å². The quantitative estimate of drug-likeness (QED) is 0.766. The van der Waals surface area contributed by atoms with E-state index in [0.717, 1.165) is 10.7 Å². The van der Waals surface area contributed by atoms with Crippen LogP contribution in [0.2, 0.25) is 5.02 Å². The minimum atomic E-state index is -0.0778. The van der Waals surface area contributed by atoms with Crippen molar-refractivity contribution in [2.24, 2.45) is 0 Å². The third kappa shape index (κ3) is 2.50. The van der Waals surface area contributed by atoms with Gasteiger partial charge in [-0.2, -0.15) is 0 Å². The molecule has 88 valence electrons. The van der Waals surface area contributed by atoms with E-state index >= 15 is 0 Å². The maximum atomic E-state index is 6.05. The van der Waals surface area contributed by atoms with Crippen LogP contribution in [0.1, 0.15) is 30.7 Å². The van der Waals surface area contributed by atoms with E-state index in [1.165, 1.54) is 11.1 Å². The summed E-state index contributed by atoms with van der Waals surface area (Å²) in [6, 6.07) is 12.2. The molecule has 0 spiro atoms. The summed E-state index contributed by atoms with van der Waals surface area (Å²) in [5.41, 5.74) is 3.36. The van der Waals surface area contributed by atoms with Crippen molar-refractivity contribution in [1.29, 1.82) is 0 Å². The zero-order chi connectivity index (χ0) is 12.5. The first-order chi connectivity index (χ1) is 8.00. The SMILES string of the molecule is Cc1ccc(C(C)(C)c2cccc(Cl)c2)cn1. The fourth-order valence-corrected chi connectivity index (χ4v) is 2.07. The van der Waals surface area contributed by atoms with Crippen LogP contribution in [0.25, 0.3) is 0 Å². The molecule has 17 heavy (non-hydrogen) atoms. The Kier molecular flexibility index (Phi) is 3.21. The summed E-state index contributed by atoms with van der Waals surface area (Å²) >= 11 is 6.05. The predicted molar refractivity (Wildman–Crippen MR) is 72.6 cm³/mol. The highest BCUT2D eigenvalue weighted by Crippen LogP contribution is 2.32. The molecular formula is C15H16ClN. The molecule has 2 rings (SSSR count). The summed E-state index contributed by atoms with van der Waals surface area (Å²) in [6.07, 6.45) is 1.94. The molecular weight excluding hydrogens is 230 g/mol. The first-order valence-corrected chi connectivity index (χ1v) is 6.07. The number of hydrogen-bond acceptors (Lipinski definition) is 1. The van der Waals surface area contributed by atoms with Gasteiger partial charge in [0.25, 0.3) is 0 Å². The Labute approximate surface area is 107 Å². The van der Waals surface area contributed by atoms with Gasteiger partial charge in [-0.15, -0.1) is 0 Å². The lowest BCUT2D eigenvalue weighted by molar-refractivity contribution is 0.637. The van der Waals surface area contributed by atoms with E-state index in [1.807, 2.05) is 37.4 Å². The molecule has 0 aliphatic carbocycles. The van der Waals surface area contributed by atoms with Gasteiger partial charge in [-0.05, 0) is 36.2 Å². The Balaban J connectivity index is 2.45. The molecule has 0 fully saturated rings. The van der Waals surface area contributed by atoms with Gasteiger partial charge < -0.3 is 0 Å². The zero-order valence-electron chi connectivity index (χ0n) is 10.4. The summed E-state index contributed by atoms with van der Waals surface area (Å²) in [5.74, 6) is 0. The second kappa shape index (κ2) is 4.50. The van der Waals surface area contributed by atoms with Crippen LogP contribution < -0.4 is 0 Å². The zero-order valence-corrected chi connectivity index (χ0v) is 11.1. The average molecular weight is 246 g/mol. The maximum absolute atomic E-state index is 6.05. The van der Waals surface area contributed by atoms with Crippen molar-refractivity contribution in [3.05, 3.63) is 64.4 Å². The van der Waals surface area contributed by atoms with Crippen molar-refractivity contribution in [3.63, 3.8) is 0 Å². The van der Waals surface area contributed by atoms with Crippen LogP contribution in [0.5, 0.6) is 0 Å². The Morgan fingerprint density at radius 2 is 1.82 bits per heavy atom. The van der Waals surface area contributed by atoms with Crippen molar-refractivity contribution in [3.8, 4) is 0 Å². The molecule has 1 heterocycles. The van der Waals surface area contributed by atoms with Gasteiger partial charge in [-0.25, -0.2) is 0 Å². The highest BCUT2D eigenvalue weighted by Gasteiger charge is 2.23. The van der Waals surface area contributed by atoms with Crippen LogP contribution in [0, 0.1) is 6.92 Å². The molecule has 0 radical (unpaired) electrons.